The van der Waals surface area contributed by atoms with Gasteiger partial charge in [-0.2, -0.15) is 0 Å². The summed E-state index contributed by atoms with van der Waals surface area (Å²) in [6.45, 7) is 3.30. The van der Waals surface area contributed by atoms with Gasteiger partial charge in [0.2, 0.25) is 5.91 Å². The SMILES string of the molecule is Cc1cc(CNC(=O)[C@H]2[C@H](C(=O)O)[C@H]3CC[C@@H]2C32CC2C[C@@H]2CCNC[C@H]2F)on1. The van der Waals surface area contributed by atoms with Gasteiger partial charge in [0, 0.05) is 12.6 Å². The Labute approximate surface area is 175 Å². The molecule has 0 radical (unpaired) electrons. The first-order valence-electron chi connectivity index (χ1n) is 11.2. The van der Waals surface area contributed by atoms with E-state index in [2.05, 4.69) is 15.8 Å². The van der Waals surface area contributed by atoms with Crippen molar-refractivity contribution in [3.63, 3.8) is 0 Å². The zero-order chi connectivity index (χ0) is 21.0. The number of carbonyl (C=O) groups is 2. The third kappa shape index (κ3) is 3.06. The van der Waals surface area contributed by atoms with Crippen molar-refractivity contribution >= 4 is 11.9 Å². The van der Waals surface area contributed by atoms with Crippen molar-refractivity contribution in [3.8, 4) is 0 Å². The molecule has 2 bridgehead atoms. The fourth-order valence-corrected chi connectivity index (χ4v) is 7.25. The zero-order valence-corrected chi connectivity index (χ0v) is 17.3. The molecule has 4 fully saturated rings. The van der Waals surface area contributed by atoms with Crippen LogP contribution >= 0.6 is 0 Å². The normalized spacial score (nSPS) is 41.9. The number of piperidine rings is 1. The fourth-order valence-electron chi connectivity index (χ4n) is 7.25. The highest BCUT2D eigenvalue weighted by Gasteiger charge is 2.76. The molecule has 2 heterocycles. The predicted octanol–water partition coefficient (Wildman–Crippen LogP) is 2.30. The van der Waals surface area contributed by atoms with E-state index in [9.17, 15) is 19.1 Å². The van der Waals surface area contributed by atoms with Crippen LogP contribution in [0.2, 0.25) is 0 Å². The van der Waals surface area contributed by atoms with Crippen LogP contribution in [0.1, 0.15) is 43.6 Å². The Morgan fingerprint density at radius 2 is 2.10 bits per heavy atom. The molecular formula is C22H30FN3O4. The molecule has 3 saturated carbocycles. The summed E-state index contributed by atoms with van der Waals surface area (Å²) in [4.78, 5) is 25.3. The Bertz CT molecular complexity index is 844. The summed E-state index contributed by atoms with van der Waals surface area (Å²) >= 11 is 0. The number of nitrogens with one attached hydrogen (secondary N) is 2. The average Bonchev–Trinajstić information content (AvgIpc) is 2.96. The molecular weight excluding hydrogens is 389 g/mol. The number of hydrogen-bond acceptors (Lipinski definition) is 5. The summed E-state index contributed by atoms with van der Waals surface area (Å²) in [5.41, 5.74) is 0.671. The first-order chi connectivity index (χ1) is 14.4. The summed E-state index contributed by atoms with van der Waals surface area (Å²) in [6.07, 6.45) is 3.56. The van der Waals surface area contributed by atoms with E-state index in [0.29, 0.717) is 18.2 Å². The molecule has 8 atom stereocenters. The minimum absolute atomic E-state index is 0.0352. The van der Waals surface area contributed by atoms with Gasteiger partial charge >= 0.3 is 5.97 Å². The second-order valence-electron chi connectivity index (χ2n) is 9.85. The first-order valence-corrected chi connectivity index (χ1v) is 11.2. The number of carboxylic acid groups (broad SMARTS) is 1. The van der Waals surface area contributed by atoms with Crippen molar-refractivity contribution < 1.29 is 23.6 Å². The molecule has 3 N–H and O–H groups in total. The van der Waals surface area contributed by atoms with Gasteiger partial charge in [-0.25, -0.2) is 4.39 Å². The molecule has 1 amide bonds. The lowest BCUT2D eigenvalue weighted by molar-refractivity contribution is -0.149. The standard InChI is InChI=1S/C22H30FN3O4/c1-11-6-14(30-26-11)9-25-20(27)18-15-2-3-16(19(18)21(28)29)22(15)8-13(22)7-12-4-5-24-10-17(12)23/h6,12-13,15-19,24H,2-5,7-10H2,1H3,(H,25,27)(H,28,29)/t12-,13?,15-,16+,17+,18+,19+,22?/m0/s1. The first kappa shape index (κ1) is 20.0. The number of halogens is 1. The van der Waals surface area contributed by atoms with Crippen molar-refractivity contribution in [2.24, 2.45) is 40.9 Å². The van der Waals surface area contributed by atoms with Crippen molar-refractivity contribution in [2.45, 2.75) is 51.7 Å². The van der Waals surface area contributed by atoms with E-state index in [0.717, 1.165) is 44.3 Å². The summed E-state index contributed by atoms with van der Waals surface area (Å²) in [6, 6.07) is 1.76. The lowest BCUT2D eigenvalue weighted by atomic mass is 9.78. The second kappa shape index (κ2) is 7.32. The molecule has 1 aliphatic heterocycles. The van der Waals surface area contributed by atoms with Gasteiger partial charge in [0.05, 0.1) is 24.1 Å². The molecule has 4 aliphatic rings. The third-order valence-electron chi connectivity index (χ3n) is 8.45. The molecule has 0 aromatic carbocycles. The molecule has 164 valence electrons. The van der Waals surface area contributed by atoms with E-state index < -0.39 is 24.0 Å². The molecule has 8 heteroatoms. The zero-order valence-electron chi connectivity index (χ0n) is 17.3. The summed E-state index contributed by atoms with van der Waals surface area (Å²) in [5, 5.41) is 19.8. The highest BCUT2D eigenvalue weighted by atomic mass is 19.1. The third-order valence-corrected chi connectivity index (χ3v) is 8.45. The Morgan fingerprint density at radius 1 is 1.33 bits per heavy atom. The molecule has 2 unspecified atom stereocenters. The average molecular weight is 419 g/mol. The lowest BCUT2D eigenvalue weighted by Crippen LogP contribution is -2.41. The quantitative estimate of drug-likeness (QED) is 0.654. The Morgan fingerprint density at radius 3 is 2.77 bits per heavy atom. The maximum absolute atomic E-state index is 14.4. The van der Waals surface area contributed by atoms with Gasteiger partial charge < -0.3 is 20.3 Å². The minimum Gasteiger partial charge on any atom is -0.481 e. The van der Waals surface area contributed by atoms with E-state index in [1.807, 2.05) is 6.92 Å². The van der Waals surface area contributed by atoms with Crippen molar-refractivity contribution in [3.05, 3.63) is 17.5 Å². The highest BCUT2D eigenvalue weighted by Crippen LogP contribution is 2.78. The highest BCUT2D eigenvalue weighted by molar-refractivity contribution is 5.86. The number of carboxylic acids is 1. The Balaban J connectivity index is 1.31. The second-order valence-corrected chi connectivity index (χ2v) is 9.85. The van der Waals surface area contributed by atoms with Crippen LogP contribution < -0.4 is 10.6 Å². The number of carbonyl (C=O) groups excluding carboxylic acids is 1. The number of nitrogens with zero attached hydrogens (tertiary/aromatic N) is 1. The van der Waals surface area contributed by atoms with Crippen LogP contribution in [0.25, 0.3) is 0 Å². The molecule has 5 rings (SSSR count). The van der Waals surface area contributed by atoms with Gasteiger partial charge in [0.1, 0.15) is 6.17 Å². The van der Waals surface area contributed by atoms with Gasteiger partial charge in [0.15, 0.2) is 5.76 Å². The molecule has 1 aromatic heterocycles. The number of aliphatic carboxylic acids is 1. The summed E-state index contributed by atoms with van der Waals surface area (Å²) < 4.78 is 19.5. The number of alkyl halides is 1. The van der Waals surface area contributed by atoms with Crippen LogP contribution in [0, 0.1) is 47.8 Å². The van der Waals surface area contributed by atoms with Gasteiger partial charge in [-0.05, 0) is 74.7 Å². The van der Waals surface area contributed by atoms with Crippen LogP contribution in [0.3, 0.4) is 0 Å². The van der Waals surface area contributed by atoms with E-state index in [1.54, 1.807) is 6.07 Å². The smallest absolute Gasteiger partial charge is 0.307 e. The maximum atomic E-state index is 14.4. The summed E-state index contributed by atoms with van der Waals surface area (Å²) in [7, 11) is 0. The number of aryl methyl sites for hydroxylation is 1. The van der Waals surface area contributed by atoms with Crippen molar-refractivity contribution in [1.82, 2.24) is 15.8 Å². The molecule has 3 aliphatic carbocycles. The van der Waals surface area contributed by atoms with Crippen LogP contribution in [-0.2, 0) is 16.1 Å². The number of aromatic nitrogens is 1. The molecule has 1 spiro atoms. The van der Waals surface area contributed by atoms with Crippen molar-refractivity contribution in [1.29, 1.82) is 0 Å². The van der Waals surface area contributed by atoms with Crippen LogP contribution in [0.15, 0.2) is 10.6 Å². The Hall–Kier alpha value is -1.96. The van der Waals surface area contributed by atoms with E-state index in [1.165, 1.54) is 0 Å². The van der Waals surface area contributed by atoms with Crippen LogP contribution in [-0.4, -0.2) is 41.4 Å². The number of rotatable bonds is 6. The van der Waals surface area contributed by atoms with Crippen molar-refractivity contribution in [2.75, 3.05) is 13.1 Å². The van der Waals surface area contributed by atoms with Gasteiger partial charge in [-0.3, -0.25) is 9.59 Å². The maximum Gasteiger partial charge on any atom is 0.307 e. The van der Waals surface area contributed by atoms with Gasteiger partial charge in [-0.1, -0.05) is 5.16 Å². The summed E-state index contributed by atoms with van der Waals surface area (Å²) in [5.74, 6) is -1.11. The largest absolute Gasteiger partial charge is 0.481 e. The molecule has 1 aromatic rings. The van der Waals surface area contributed by atoms with E-state index >= 15 is 0 Å². The van der Waals surface area contributed by atoms with E-state index in [4.69, 9.17) is 4.52 Å². The number of amides is 1. The molecule has 1 saturated heterocycles. The molecule has 7 nitrogen and oxygen atoms in total. The predicted molar refractivity (Wildman–Crippen MR) is 105 cm³/mol. The van der Waals surface area contributed by atoms with Crippen LogP contribution in [0.4, 0.5) is 4.39 Å². The lowest BCUT2D eigenvalue weighted by Gasteiger charge is -2.28. The van der Waals surface area contributed by atoms with Crippen LogP contribution in [0.5, 0.6) is 0 Å². The topological polar surface area (TPSA) is 104 Å². The number of hydrogen-bond donors (Lipinski definition) is 3. The monoisotopic (exact) mass is 419 g/mol. The fraction of sp³-hybridized carbons (Fsp3) is 0.773. The molecule has 30 heavy (non-hydrogen) atoms. The van der Waals surface area contributed by atoms with E-state index in [-0.39, 0.29) is 35.6 Å². The minimum atomic E-state index is -0.867. The van der Waals surface area contributed by atoms with Gasteiger partial charge in [0.25, 0.3) is 0 Å². The van der Waals surface area contributed by atoms with Gasteiger partial charge in [-0.15, -0.1) is 0 Å². The Kier molecular flexibility index (Phi) is 4.87.